The Morgan fingerprint density at radius 2 is 1.87 bits per heavy atom. The Balaban J connectivity index is 4.14. The molecular formula is C10H22ClNO2S. The zero-order valence-electron chi connectivity index (χ0n) is 10.0. The van der Waals surface area contributed by atoms with Crippen LogP contribution in [0.15, 0.2) is 0 Å². The third-order valence-electron chi connectivity index (χ3n) is 2.36. The highest BCUT2D eigenvalue weighted by molar-refractivity contribution is 7.90. The summed E-state index contributed by atoms with van der Waals surface area (Å²) < 4.78 is 25.7. The summed E-state index contributed by atoms with van der Waals surface area (Å²) in [6.45, 7) is 7.91. The zero-order valence-corrected chi connectivity index (χ0v) is 11.6. The van der Waals surface area contributed by atoms with Crippen LogP contribution >= 0.6 is 11.6 Å². The highest BCUT2D eigenvalue weighted by atomic mass is 35.5. The van der Waals surface area contributed by atoms with Crippen LogP contribution in [0.5, 0.6) is 0 Å². The molecule has 0 saturated heterocycles. The van der Waals surface area contributed by atoms with E-state index in [2.05, 4.69) is 4.72 Å². The number of sulfonamides is 1. The van der Waals surface area contributed by atoms with Gasteiger partial charge in [0.25, 0.3) is 0 Å². The number of halogens is 1. The molecule has 5 heteroatoms. The molecule has 0 aromatic heterocycles. The first-order chi connectivity index (χ1) is 6.71. The first-order valence-corrected chi connectivity index (χ1v) is 7.34. The lowest BCUT2D eigenvalue weighted by molar-refractivity contribution is 0.331. The number of hydrogen-bond donors (Lipinski definition) is 1. The summed E-state index contributed by atoms with van der Waals surface area (Å²) >= 11 is 5.61. The van der Waals surface area contributed by atoms with Crippen molar-refractivity contribution in [3.63, 3.8) is 0 Å². The minimum Gasteiger partial charge on any atom is -0.214 e. The maximum atomic E-state index is 11.5. The molecule has 3 nitrogen and oxygen atoms in total. The van der Waals surface area contributed by atoms with E-state index in [1.807, 2.05) is 13.8 Å². The summed E-state index contributed by atoms with van der Waals surface area (Å²) in [5.74, 6) is 0.625. The summed E-state index contributed by atoms with van der Waals surface area (Å²) in [4.78, 5) is 0. The zero-order chi connectivity index (χ0) is 12.1. The Morgan fingerprint density at radius 1 is 1.33 bits per heavy atom. The van der Waals surface area contributed by atoms with Crippen molar-refractivity contribution >= 4 is 21.6 Å². The lowest BCUT2D eigenvalue weighted by atomic mass is 9.88. The summed E-state index contributed by atoms with van der Waals surface area (Å²) in [6, 6.07) is 0. The van der Waals surface area contributed by atoms with E-state index in [9.17, 15) is 8.42 Å². The minimum atomic E-state index is -3.14. The Labute approximate surface area is 98.6 Å². The van der Waals surface area contributed by atoms with Crippen molar-refractivity contribution in [2.45, 2.75) is 45.8 Å². The Bertz CT molecular complexity index is 273. The summed E-state index contributed by atoms with van der Waals surface area (Å²) in [7, 11) is -3.14. The van der Waals surface area contributed by atoms with Gasteiger partial charge in [-0.3, -0.25) is 0 Å². The van der Waals surface area contributed by atoms with Crippen molar-refractivity contribution in [3.05, 3.63) is 0 Å². The van der Waals surface area contributed by atoms with Gasteiger partial charge < -0.3 is 0 Å². The fourth-order valence-corrected chi connectivity index (χ4v) is 2.16. The van der Waals surface area contributed by atoms with Crippen molar-refractivity contribution in [1.82, 2.24) is 4.72 Å². The Kier molecular flexibility index (Phi) is 6.14. The largest absolute Gasteiger partial charge is 0.214 e. The maximum Gasteiger partial charge on any atom is 0.213 e. The Hall–Kier alpha value is 0.200. The molecule has 0 radical (unpaired) electrons. The highest BCUT2D eigenvalue weighted by Crippen LogP contribution is 2.21. The van der Waals surface area contributed by atoms with Gasteiger partial charge in [-0.1, -0.05) is 13.8 Å². The first kappa shape index (κ1) is 15.2. The van der Waals surface area contributed by atoms with E-state index in [1.165, 1.54) is 0 Å². The SMILES string of the molecule is CC(C)S(=O)(=O)NCC(C)(C)CCCCl. The number of rotatable bonds is 7. The molecule has 0 unspecified atom stereocenters. The summed E-state index contributed by atoms with van der Waals surface area (Å²) in [6.07, 6.45) is 1.84. The minimum absolute atomic E-state index is 0.0309. The molecule has 0 bridgehead atoms. The monoisotopic (exact) mass is 255 g/mol. The fourth-order valence-electron chi connectivity index (χ4n) is 1.10. The lowest BCUT2D eigenvalue weighted by Gasteiger charge is -2.25. The van der Waals surface area contributed by atoms with Gasteiger partial charge in [-0.25, -0.2) is 13.1 Å². The molecule has 15 heavy (non-hydrogen) atoms. The van der Waals surface area contributed by atoms with Crippen LogP contribution in [0.4, 0.5) is 0 Å². The van der Waals surface area contributed by atoms with Crippen molar-refractivity contribution in [2.75, 3.05) is 12.4 Å². The van der Waals surface area contributed by atoms with Crippen LogP contribution in [0.25, 0.3) is 0 Å². The van der Waals surface area contributed by atoms with Gasteiger partial charge in [0.15, 0.2) is 0 Å². The maximum absolute atomic E-state index is 11.5. The molecular weight excluding hydrogens is 234 g/mol. The average molecular weight is 256 g/mol. The summed E-state index contributed by atoms with van der Waals surface area (Å²) in [5.41, 5.74) is -0.0309. The molecule has 0 rings (SSSR count). The van der Waals surface area contributed by atoms with E-state index in [4.69, 9.17) is 11.6 Å². The summed E-state index contributed by atoms with van der Waals surface area (Å²) in [5, 5.41) is -0.374. The lowest BCUT2D eigenvalue weighted by Crippen LogP contribution is -2.37. The predicted molar refractivity (Wildman–Crippen MR) is 65.8 cm³/mol. The van der Waals surface area contributed by atoms with E-state index < -0.39 is 10.0 Å². The second-order valence-corrected chi connectivity index (χ2v) is 7.57. The molecule has 0 aliphatic rings. The van der Waals surface area contributed by atoms with Crippen LogP contribution in [0.1, 0.15) is 40.5 Å². The molecule has 0 heterocycles. The average Bonchev–Trinajstić information content (AvgIpc) is 2.12. The smallest absolute Gasteiger partial charge is 0.213 e. The molecule has 0 amide bonds. The molecule has 0 spiro atoms. The van der Waals surface area contributed by atoms with Crippen LogP contribution in [-0.2, 0) is 10.0 Å². The van der Waals surface area contributed by atoms with Crippen molar-refractivity contribution in [1.29, 1.82) is 0 Å². The van der Waals surface area contributed by atoms with Gasteiger partial charge in [0.1, 0.15) is 0 Å². The van der Waals surface area contributed by atoms with Gasteiger partial charge in [-0.2, -0.15) is 0 Å². The molecule has 0 fully saturated rings. The molecule has 0 atom stereocenters. The molecule has 0 aliphatic carbocycles. The quantitative estimate of drug-likeness (QED) is 0.710. The van der Waals surface area contributed by atoms with Gasteiger partial charge in [0.2, 0.25) is 10.0 Å². The van der Waals surface area contributed by atoms with Gasteiger partial charge in [0.05, 0.1) is 5.25 Å². The fraction of sp³-hybridized carbons (Fsp3) is 1.00. The molecule has 1 N–H and O–H groups in total. The third kappa shape index (κ3) is 6.38. The van der Waals surface area contributed by atoms with Crippen LogP contribution in [0.2, 0.25) is 0 Å². The topological polar surface area (TPSA) is 46.2 Å². The van der Waals surface area contributed by atoms with E-state index >= 15 is 0 Å². The van der Waals surface area contributed by atoms with Crippen LogP contribution in [-0.4, -0.2) is 26.1 Å². The Morgan fingerprint density at radius 3 is 2.27 bits per heavy atom. The van der Waals surface area contributed by atoms with Gasteiger partial charge in [0, 0.05) is 12.4 Å². The van der Waals surface area contributed by atoms with Crippen LogP contribution < -0.4 is 4.72 Å². The number of alkyl halides is 1. The van der Waals surface area contributed by atoms with Crippen molar-refractivity contribution in [2.24, 2.45) is 5.41 Å². The molecule has 0 aromatic rings. The van der Waals surface area contributed by atoms with Crippen molar-refractivity contribution < 1.29 is 8.42 Å². The standard InChI is InChI=1S/C10H22ClNO2S/c1-9(2)15(13,14)12-8-10(3,4)6-5-7-11/h9,12H,5-8H2,1-4H3. The molecule has 0 saturated carbocycles. The third-order valence-corrected chi connectivity index (χ3v) is 4.41. The normalized spacial score (nSPS) is 13.5. The predicted octanol–water partition coefficient (Wildman–Crippen LogP) is 2.36. The van der Waals surface area contributed by atoms with Gasteiger partial charge >= 0.3 is 0 Å². The molecule has 92 valence electrons. The van der Waals surface area contributed by atoms with Crippen LogP contribution in [0.3, 0.4) is 0 Å². The first-order valence-electron chi connectivity index (χ1n) is 5.26. The number of nitrogens with one attached hydrogen (secondary N) is 1. The second-order valence-electron chi connectivity index (χ2n) is 4.87. The van der Waals surface area contributed by atoms with Crippen molar-refractivity contribution in [3.8, 4) is 0 Å². The second kappa shape index (κ2) is 6.06. The number of hydrogen-bond acceptors (Lipinski definition) is 2. The van der Waals surface area contributed by atoms with Gasteiger partial charge in [-0.05, 0) is 32.1 Å². The molecule has 0 aliphatic heterocycles. The molecule has 0 aromatic carbocycles. The highest BCUT2D eigenvalue weighted by Gasteiger charge is 2.22. The van der Waals surface area contributed by atoms with E-state index in [1.54, 1.807) is 13.8 Å². The van der Waals surface area contributed by atoms with Crippen LogP contribution in [0, 0.1) is 5.41 Å². The van der Waals surface area contributed by atoms with E-state index in [-0.39, 0.29) is 10.7 Å². The van der Waals surface area contributed by atoms with Gasteiger partial charge in [-0.15, -0.1) is 11.6 Å². The van der Waals surface area contributed by atoms with E-state index in [0.29, 0.717) is 12.4 Å². The van der Waals surface area contributed by atoms with E-state index in [0.717, 1.165) is 12.8 Å².